The quantitative estimate of drug-likeness (QED) is 0.516. The molecule has 0 bridgehead atoms. The summed E-state index contributed by atoms with van der Waals surface area (Å²) in [5.41, 5.74) is 0.258. The summed E-state index contributed by atoms with van der Waals surface area (Å²) < 4.78 is 0. The van der Waals surface area contributed by atoms with Gasteiger partial charge in [0.05, 0.1) is 5.41 Å². The standard InChI is InChI=1S/C10H10N2O3/c1-10(2)7-5-3-4-6-8(7)11(9(10)13)12(14)15/h3-6H,1-2H3. The molecular weight excluding hydrogens is 196 g/mol. The van der Waals surface area contributed by atoms with Gasteiger partial charge in [-0.25, -0.2) is 10.1 Å². The second-order valence-corrected chi connectivity index (χ2v) is 4.00. The highest BCUT2D eigenvalue weighted by Gasteiger charge is 2.49. The number of hydrogen-bond acceptors (Lipinski definition) is 3. The van der Waals surface area contributed by atoms with Crippen LogP contribution < -0.4 is 5.01 Å². The van der Waals surface area contributed by atoms with Crippen LogP contribution in [-0.4, -0.2) is 10.9 Å². The van der Waals surface area contributed by atoms with Crippen LogP contribution in [0, 0.1) is 10.1 Å². The van der Waals surface area contributed by atoms with Crippen molar-refractivity contribution in [1.29, 1.82) is 0 Å². The van der Waals surface area contributed by atoms with Crippen molar-refractivity contribution in [3.05, 3.63) is 39.9 Å². The van der Waals surface area contributed by atoms with E-state index in [-0.39, 0.29) is 0 Å². The normalized spacial score (nSPS) is 17.7. The predicted molar refractivity (Wildman–Crippen MR) is 53.9 cm³/mol. The number of rotatable bonds is 1. The molecule has 1 aliphatic rings. The van der Waals surface area contributed by atoms with Gasteiger partial charge in [0, 0.05) is 0 Å². The smallest absolute Gasteiger partial charge is 0.267 e. The summed E-state index contributed by atoms with van der Waals surface area (Å²) >= 11 is 0. The van der Waals surface area contributed by atoms with Crippen molar-refractivity contribution in [3.8, 4) is 0 Å². The van der Waals surface area contributed by atoms with Crippen molar-refractivity contribution >= 4 is 11.6 Å². The Morgan fingerprint density at radius 2 is 1.93 bits per heavy atom. The van der Waals surface area contributed by atoms with E-state index < -0.39 is 16.4 Å². The van der Waals surface area contributed by atoms with E-state index in [2.05, 4.69) is 0 Å². The Morgan fingerprint density at radius 3 is 2.53 bits per heavy atom. The maximum absolute atomic E-state index is 11.8. The van der Waals surface area contributed by atoms with Crippen LogP contribution in [0.15, 0.2) is 24.3 Å². The molecule has 1 amide bonds. The SMILES string of the molecule is CC1(C)C(=O)N([N+](=O)[O-])c2ccccc21. The fraction of sp³-hybridized carbons (Fsp3) is 0.300. The molecule has 0 saturated heterocycles. The van der Waals surface area contributed by atoms with Gasteiger partial charge in [0.25, 0.3) is 5.91 Å². The number of para-hydroxylation sites is 1. The molecule has 78 valence electrons. The van der Waals surface area contributed by atoms with E-state index >= 15 is 0 Å². The van der Waals surface area contributed by atoms with Crippen molar-refractivity contribution in [2.45, 2.75) is 19.3 Å². The van der Waals surface area contributed by atoms with Gasteiger partial charge in [0.1, 0.15) is 5.69 Å². The first kappa shape index (κ1) is 9.64. The number of nitrogens with zero attached hydrogens (tertiary/aromatic N) is 2. The monoisotopic (exact) mass is 206 g/mol. The molecule has 0 radical (unpaired) electrons. The van der Waals surface area contributed by atoms with Crippen molar-refractivity contribution in [2.24, 2.45) is 0 Å². The van der Waals surface area contributed by atoms with Gasteiger partial charge in [-0.2, -0.15) is 0 Å². The summed E-state index contributed by atoms with van der Waals surface area (Å²) in [7, 11) is 0. The van der Waals surface area contributed by atoms with E-state index in [0.29, 0.717) is 16.3 Å². The van der Waals surface area contributed by atoms with Crippen LogP contribution >= 0.6 is 0 Å². The average molecular weight is 206 g/mol. The summed E-state index contributed by atoms with van der Waals surface area (Å²) in [4.78, 5) is 22.6. The van der Waals surface area contributed by atoms with Crippen LogP contribution in [0.2, 0.25) is 0 Å². The predicted octanol–water partition coefficient (Wildman–Crippen LogP) is 1.50. The molecule has 0 unspecified atom stereocenters. The molecule has 0 saturated carbocycles. The maximum atomic E-state index is 11.8. The highest BCUT2D eigenvalue weighted by Crippen LogP contribution is 2.40. The maximum Gasteiger partial charge on any atom is 0.299 e. The van der Waals surface area contributed by atoms with E-state index in [1.807, 2.05) is 0 Å². The third-order valence-corrected chi connectivity index (χ3v) is 2.70. The molecule has 0 aromatic heterocycles. The number of benzene rings is 1. The lowest BCUT2D eigenvalue weighted by molar-refractivity contribution is -0.483. The van der Waals surface area contributed by atoms with Gasteiger partial charge in [-0.15, -0.1) is 0 Å². The number of amides is 1. The van der Waals surface area contributed by atoms with Crippen LogP contribution in [0.1, 0.15) is 19.4 Å². The van der Waals surface area contributed by atoms with E-state index in [1.165, 1.54) is 0 Å². The Balaban J connectivity index is 2.67. The van der Waals surface area contributed by atoms with Gasteiger partial charge < -0.3 is 0 Å². The minimum atomic E-state index is -0.816. The zero-order valence-corrected chi connectivity index (χ0v) is 8.43. The van der Waals surface area contributed by atoms with Crippen molar-refractivity contribution in [3.63, 3.8) is 0 Å². The summed E-state index contributed by atoms with van der Waals surface area (Å²) in [6.07, 6.45) is 0. The van der Waals surface area contributed by atoms with Crippen LogP contribution in [0.25, 0.3) is 0 Å². The number of nitro groups is 1. The van der Waals surface area contributed by atoms with Gasteiger partial charge in [-0.3, -0.25) is 4.79 Å². The molecule has 0 aliphatic carbocycles. The first-order valence-corrected chi connectivity index (χ1v) is 4.54. The molecule has 5 heteroatoms. The van der Waals surface area contributed by atoms with E-state index in [0.717, 1.165) is 0 Å². The lowest BCUT2D eigenvalue weighted by Crippen LogP contribution is -2.39. The molecule has 15 heavy (non-hydrogen) atoms. The largest absolute Gasteiger partial charge is 0.299 e. The van der Waals surface area contributed by atoms with Gasteiger partial charge >= 0.3 is 0 Å². The fourth-order valence-corrected chi connectivity index (χ4v) is 1.84. The second-order valence-electron chi connectivity index (χ2n) is 4.00. The second kappa shape index (κ2) is 2.79. The number of fused-ring (bicyclic) bond motifs is 1. The molecular formula is C10H10N2O3. The molecule has 0 atom stereocenters. The molecule has 2 rings (SSSR count). The topological polar surface area (TPSA) is 63.5 Å². The Bertz CT molecular complexity index is 454. The molecule has 1 aliphatic heterocycles. The number of hydrazine groups is 1. The Morgan fingerprint density at radius 1 is 1.33 bits per heavy atom. The Kier molecular flexibility index (Phi) is 1.79. The number of carbonyl (C=O) groups excluding carboxylic acids is 1. The number of carbonyl (C=O) groups is 1. The minimum absolute atomic E-state index is 0.373. The fourth-order valence-electron chi connectivity index (χ4n) is 1.84. The number of hydrogen-bond donors (Lipinski definition) is 0. The molecule has 1 heterocycles. The molecule has 1 aromatic rings. The summed E-state index contributed by atoms with van der Waals surface area (Å²) in [6, 6.07) is 6.79. The summed E-state index contributed by atoms with van der Waals surface area (Å²) in [5, 5.41) is 10.7. The highest BCUT2D eigenvalue weighted by molar-refractivity contribution is 6.05. The summed E-state index contributed by atoms with van der Waals surface area (Å²) in [6.45, 7) is 3.38. The molecule has 0 N–H and O–H groups in total. The van der Waals surface area contributed by atoms with Crippen molar-refractivity contribution < 1.29 is 9.83 Å². The van der Waals surface area contributed by atoms with Crippen LogP contribution in [0.3, 0.4) is 0 Å². The van der Waals surface area contributed by atoms with Crippen LogP contribution in [0.4, 0.5) is 5.69 Å². The van der Waals surface area contributed by atoms with Crippen molar-refractivity contribution in [2.75, 3.05) is 5.01 Å². The zero-order chi connectivity index (χ0) is 11.2. The van der Waals surface area contributed by atoms with Gasteiger partial charge in [0.2, 0.25) is 0 Å². The molecule has 0 fully saturated rings. The van der Waals surface area contributed by atoms with E-state index in [1.54, 1.807) is 38.1 Å². The first-order valence-electron chi connectivity index (χ1n) is 4.54. The molecule has 1 aromatic carbocycles. The van der Waals surface area contributed by atoms with Crippen LogP contribution in [-0.2, 0) is 10.2 Å². The Hall–Kier alpha value is -1.91. The first-order chi connectivity index (χ1) is 6.96. The van der Waals surface area contributed by atoms with E-state index in [4.69, 9.17) is 0 Å². The van der Waals surface area contributed by atoms with Gasteiger partial charge in [0.15, 0.2) is 5.03 Å². The van der Waals surface area contributed by atoms with Crippen LogP contribution in [0.5, 0.6) is 0 Å². The van der Waals surface area contributed by atoms with E-state index in [9.17, 15) is 14.9 Å². The van der Waals surface area contributed by atoms with Gasteiger partial charge in [-0.05, 0) is 30.5 Å². The average Bonchev–Trinajstić information content (AvgIpc) is 2.36. The third kappa shape index (κ3) is 1.12. The minimum Gasteiger partial charge on any atom is -0.267 e. The lowest BCUT2D eigenvalue weighted by atomic mass is 9.86. The summed E-state index contributed by atoms with van der Waals surface area (Å²) in [5.74, 6) is -0.492. The highest BCUT2D eigenvalue weighted by atomic mass is 16.7. The van der Waals surface area contributed by atoms with Gasteiger partial charge in [-0.1, -0.05) is 18.2 Å². The Labute approximate surface area is 86.4 Å². The lowest BCUT2D eigenvalue weighted by Gasteiger charge is -2.13. The molecule has 5 nitrogen and oxygen atoms in total. The number of anilines is 1. The zero-order valence-electron chi connectivity index (χ0n) is 8.43. The van der Waals surface area contributed by atoms with Crippen molar-refractivity contribution in [1.82, 2.24) is 0 Å². The molecule has 0 spiro atoms. The third-order valence-electron chi connectivity index (χ3n) is 2.70.